The van der Waals surface area contributed by atoms with Gasteiger partial charge in [-0.1, -0.05) is 54.6 Å². The van der Waals surface area contributed by atoms with E-state index in [2.05, 4.69) is 10.2 Å². The summed E-state index contributed by atoms with van der Waals surface area (Å²) >= 11 is 0. The van der Waals surface area contributed by atoms with Crippen LogP contribution in [0.5, 0.6) is 0 Å². The van der Waals surface area contributed by atoms with Crippen LogP contribution in [0, 0.1) is 0 Å². The number of benzene rings is 2. The molecular weight excluding hydrogens is 532 g/mol. The number of nitrogens with zero attached hydrogens (tertiary/aromatic N) is 6. The Bertz CT molecular complexity index is 1760. The fraction of sp³-hybridized carbons (Fsp3) is 0.281. The van der Waals surface area contributed by atoms with Crippen LogP contribution in [0.2, 0.25) is 0 Å². The maximum absolute atomic E-state index is 13.4. The third-order valence-corrected chi connectivity index (χ3v) is 8.01. The molecule has 0 saturated carbocycles. The van der Waals surface area contributed by atoms with Gasteiger partial charge in [0.2, 0.25) is 5.91 Å². The third-order valence-electron chi connectivity index (χ3n) is 8.01. The van der Waals surface area contributed by atoms with Crippen molar-refractivity contribution in [3.8, 4) is 11.3 Å². The number of aryl methyl sites for hydroxylation is 1. The van der Waals surface area contributed by atoms with E-state index in [0.29, 0.717) is 56.4 Å². The highest BCUT2D eigenvalue weighted by atomic mass is 16.3. The fourth-order valence-electron chi connectivity index (χ4n) is 5.56. The Morgan fingerprint density at radius 1 is 0.952 bits per heavy atom. The van der Waals surface area contributed by atoms with Crippen molar-refractivity contribution in [2.45, 2.75) is 44.4 Å². The monoisotopic (exact) mass is 564 g/mol. The molecule has 10 heteroatoms. The predicted molar refractivity (Wildman–Crippen MR) is 157 cm³/mol. The highest BCUT2D eigenvalue weighted by Crippen LogP contribution is 2.25. The smallest absolute Gasteiger partial charge is 0.277 e. The second-order valence-electron chi connectivity index (χ2n) is 11.0. The maximum atomic E-state index is 13.4. The summed E-state index contributed by atoms with van der Waals surface area (Å²) in [6.07, 6.45) is 7.40. The minimum absolute atomic E-state index is 0.0864. The molecule has 5 aromatic rings. The van der Waals surface area contributed by atoms with Crippen LogP contribution < -0.4 is 5.56 Å². The predicted octanol–water partition coefficient (Wildman–Crippen LogP) is 3.21. The Morgan fingerprint density at radius 2 is 1.71 bits per heavy atom. The summed E-state index contributed by atoms with van der Waals surface area (Å²) in [6, 6.07) is 21.4. The molecule has 1 aliphatic heterocycles. The van der Waals surface area contributed by atoms with Crippen molar-refractivity contribution in [1.29, 1.82) is 0 Å². The zero-order chi connectivity index (χ0) is 29.1. The van der Waals surface area contributed by atoms with Crippen molar-refractivity contribution in [3.63, 3.8) is 0 Å². The number of aliphatic hydroxyl groups is 1. The molecule has 0 bridgehead atoms. The van der Waals surface area contributed by atoms with E-state index in [1.165, 1.54) is 17.1 Å². The Morgan fingerprint density at radius 3 is 2.43 bits per heavy atom. The van der Waals surface area contributed by atoms with Crippen molar-refractivity contribution in [2.75, 3.05) is 13.1 Å². The van der Waals surface area contributed by atoms with Gasteiger partial charge < -0.3 is 10.0 Å². The van der Waals surface area contributed by atoms with Gasteiger partial charge in [0.05, 0.1) is 36.1 Å². The Hall–Kier alpha value is -4.83. The van der Waals surface area contributed by atoms with E-state index in [-0.39, 0.29) is 18.0 Å². The van der Waals surface area contributed by atoms with E-state index in [1.54, 1.807) is 21.5 Å². The molecule has 4 heterocycles. The topological polar surface area (TPSA) is 115 Å². The quantitative estimate of drug-likeness (QED) is 0.275. The SMILES string of the molecule is O=Cc1cnn(Cc2ccc(-c3ccc4c(=O)n(CC5(O)CCN(C(=O)CCc6ccccc6)CC5)cnn34)cc2)c1. The minimum Gasteiger partial charge on any atom is -0.388 e. The van der Waals surface area contributed by atoms with E-state index in [1.807, 2.05) is 65.6 Å². The second-order valence-corrected chi connectivity index (χ2v) is 11.0. The van der Waals surface area contributed by atoms with Gasteiger partial charge in [0.1, 0.15) is 11.8 Å². The van der Waals surface area contributed by atoms with Gasteiger partial charge in [0.25, 0.3) is 5.56 Å². The van der Waals surface area contributed by atoms with Crippen LogP contribution in [0.4, 0.5) is 0 Å². The van der Waals surface area contributed by atoms with Crippen LogP contribution in [-0.4, -0.2) is 64.9 Å². The van der Waals surface area contributed by atoms with Crippen molar-refractivity contribution in [3.05, 3.63) is 112 Å². The first-order valence-corrected chi connectivity index (χ1v) is 14.1. The number of carbonyl (C=O) groups excluding carboxylic acids is 2. The van der Waals surface area contributed by atoms with E-state index < -0.39 is 5.60 Å². The minimum atomic E-state index is -1.09. The van der Waals surface area contributed by atoms with Gasteiger partial charge in [0.15, 0.2) is 6.29 Å². The van der Waals surface area contributed by atoms with Crippen molar-refractivity contribution in [2.24, 2.45) is 0 Å². The number of aldehydes is 1. The van der Waals surface area contributed by atoms with Gasteiger partial charge in [0, 0.05) is 31.3 Å². The summed E-state index contributed by atoms with van der Waals surface area (Å²) < 4.78 is 4.79. The number of likely N-dealkylation sites (tertiary alicyclic amines) is 1. The normalized spacial score (nSPS) is 14.7. The molecular formula is C32H32N6O4. The summed E-state index contributed by atoms with van der Waals surface area (Å²) in [5.74, 6) is 0.0864. The third kappa shape index (κ3) is 5.80. The lowest BCUT2D eigenvalue weighted by Crippen LogP contribution is -2.49. The first-order chi connectivity index (χ1) is 20.4. The average Bonchev–Trinajstić information content (AvgIpc) is 3.66. The number of aromatic nitrogens is 5. The number of piperidine rings is 1. The van der Waals surface area contributed by atoms with E-state index in [0.717, 1.165) is 28.7 Å². The van der Waals surface area contributed by atoms with Gasteiger partial charge in [-0.2, -0.15) is 10.2 Å². The summed E-state index contributed by atoms with van der Waals surface area (Å²) in [7, 11) is 0. The molecule has 0 radical (unpaired) electrons. The summed E-state index contributed by atoms with van der Waals surface area (Å²) in [5, 5.41) is 20.0. The molecule has 0 spiro atoms. The van der Waals surface area contributed by atoms with Crippen LogP contribution in [0.25, 0.3) is 16.8 Å². The molecule has 1 fully saturated rings. The Kier molecular flexibility index (Phi) is 7.54. The largest absolute Gasteiger partial charge is 0.388 e. The molecule has 1 aliphatic rings. The Balaban J connectivity index is 1.10. The summed E-state index contributed by atoms with van der Waals surface area (Å²) in [4.78, 5) is 38.8. The van der Waals surface area contributed by atoms with Crippen molar-refractivity contribution in [1.82, 2.24) is 28.9 Å². The first-order valence-electron chi connectivity index (χ1n) is 14.1. The van der Waals surface area contributed by atoms with E-state index >= 15 is 0 Å². The zero-order valence-electron chi connectivity index (χ0n) is 23.2. The summed E-state index contributed by atoms with van der Waals surface area (Å²) in [5.41, 5.74) is 3.47. The maximum Gasteiger partial charge on any atom is 0.277 e. The molecule has 214 valence electrons. The number of hydrogen-bond donors (Lipinski definition) is 1. The number of fused-ring (bicyclic) bond motifs is 1. The average molecular weight is 565 g/mol. The molecule has 6 rings (SSSR count). The van der Waals surface area contributed by atoms with Crippen LogP contribution in [0.15, 0.2) is 90.2 Å². The standard InChI is InChI=1S/C32H32N6O4/c39-21-26-18-33-37(20-26)19-25-6-9-27(10-7-25)28-11-12-29-31(41)36(23-34-38(28)29)22-32(42)14-16-35(17-15-32)30(40)13-8-24-4-2-1-3-5-24/h1-7,9-12,18,20-21,23,42H,8,13-17,19,22H2. The lowest BCUT2D eigenvalue weighted by molar-refractivity contribution is -0.135. The molecule has 0 unspecified atom stereocenters. The molecule has 10 nitrogen and oxygen atoms in total. The van der Waals surface area contributed by atoms with Crippen LogP contribution in [0.1, 0.15) is 40.7 Å². The molecule has 42 heavy (non-hydrogen) atoms. The van der Waals surface area contributed by atoms with Gasteiger partial charge in [-0.15, -0.1) is 0 Å². The molecule has 0 aliphatic carbocycles. The van der Waals surface area contributed by atoms with Crippen molar-refractivity contribution < 1.29 is 14.7 Å². The molecule has 1 amide bonds. The molecule has 3 aromatic heterocycles. The van der Waals surface area contributed by atoms with Crippen LogP contribution >= 0.6 is 0 Å². The lowest BCUT2D eigenvalue weighted by Gasteiger charge is -2.38. The molecule has 0 atom stereocenters. The number of rotatable bonds is 9. The fourth-order valence-corrected chi connectivity index (χ4v) is 5.56. The number of carbonyl (C=O) groups is 2. The molecule has 1 N–H and O–H groups in total. The van der Waals surface area contributed by atoms with Gasteiger partial charge in [-0.3, -0.25) is 23.6 Å². The van der Waals surface area contributed by atoms with Gasteiger partial charge in [-0.05, 0) is 42.5 Å². The highest BCUT2D eigenvalue weighted by molar-refractivity contribution is 5.76. The van der Waals surface area contributed by atoms with Crippen LogP contribution in [0.3, 0.4) is 0 Å². The van der Waals surface area contributed by atoms with E-state index in [9.17, 15) is 19.5 Å². The highest BCUT2D eigenvalue weighted by Gasteiger charge is 2.34. The first kappa shape index (κ1) is 27.3. The Labute approximate surface area is 242 Å². The van der Waals surface area contributed by atoms with Crippen molar-refractivity contribution >= 4 is 17.7 Å². The molecule has 1 saturated heterocycles. The van der Waals surface area contributed by atoms with Gasteiger partial charge >= 0.3 is 0 Å². The van der Waals surface area contributed by atoms with Crippen LogP contribution in [-0.2, 0) is 24.3 Å². The number of hydrogen-bond acceptors (Lipinski definition) is 6. The summed E-state index contributed by atoms with van der Waals surface area (Å²) in [6.45, 7) is 1.57. The lowest BCUT2D eigenvalue weighted by atomic mass is 9.91. The zero-order valence-corrected chi connectivity index (χ0v) is 23.2. The number of amides is 1. The van der Waals surface area contributed by atoms with Gasteiger partial charge in [-0.25, -0.2) is 4.52 Å². The van der Waals surface area contributed by atoms with E-state index in [4.69, 9.17) is 0 Å². The molecule has 2 aromatic carbocycles. The second kappa shape index (κ2) is 11.6.